The van der Waals surface area contributed by atoms with Crippen molar-refractivity contribution < 1.29 is 13.7 Å². The largest absolute Gasteiger partial charge is 0.360 e. The number of nitrogens with one attached hydrogen (secondary N) is 1. The van der Waals surface area contributed by atoms with Gasteiger partial charge in [-0.15, -0.1) is 10.2 Å². The highest BCUT2D eigenvalue weighted by Crippen LogP contribution is 2.24. The second kappa shape index (κ2) is 8.54. The van der Waals surface area contributed by atoms with Crippen LogP contribution in [0.1, 0.15) is 17.3 Å². The summed E-state index contributed by atoms with van der Waals surface area (Å²) in [5.41, 5.74) is 1.78. The Kier molecular flexibility index (Phi) is 5.66. The number of aryl methyl sites for hydroxylation is 2. The van der Waals surface area contributed by atoms with Gasteiger partial charge < -0.3 is 14.4 Å². The molecule has 1 amide bonds. The second-order valence-electron chi connectivity index (χ2n) is 6.66. The van der Waals surface area contributed by atoms with Crippen LogP contribution in [0.5, 0.6) is 0 Å². The average molecular weight is 426 g/mol. The molecule has 8 nitrogen and oxygen atoms in total. The predicted octanol–water partition coefficient (Wildman–Crippen LogP) is 3.36. The van der Waals surface area contributed by atoms with Gasteiger partial charge >= 0.3 is 0 Å². The standard InChI is InChI=1S/C20H19FN6O2S/c1-13-10-17(25-29-13)22-19(28)12-30-20-24-23-18(11-16-4-3-9-26(16)2)27(20)15-7-5-14(21)6-8-15/h3-10H,11-12H2,1-2H3,(H,22,25,28). The summed E-state index contributed by atoms with van der Waals surface area (Å²) < 4.78 is 22.2. The van der Waals surface area contributed by atoms with Crippen LogP contribution in [0.3, 0.4) is 0 Å². The summed E-state index contributed by atoms with van der Waals surface area (Å²) in [5, 5.41) is 15.6. The molecule has 154 valence electrons. The number of carbonyl (C=O) groups excluding carboxylic acids is 1. The SMILES string of the molecule is Cc1cc(NC(=O)CSc2nnc(Cc3cccn3C)n2-c2ccc(F)cc2)no1. The van der Waals surface area contributed by atoms with Gasteiger partial charge in [-0.1, -0.05) is 16.9 Å². The van der Waals surface area contributed by atoms with E-state index in [2.05, 4.69) is 20.7 Å². The fourth-order valence-corrected chi connectivity index (χ4v) is 3.71. The number of anilines is 1. The summed E-state index contributed by atoms with van der Waals surface area (Å²) in [6.45, 7) is 1.75. The molecule has 1 N–H and O–H groups in total. The smallest absolute Gasteiger partial charge is 0.236 e. The molecule has 0 atom stereocenters. The van der Waals surface area contributed by atoms with E-state index < -0.39 is 0 Å². The molecule has 0 spiro atoms. The first kappa shape index (κ1) is 19.9. The molecule has 0 saturated carbocycles. The Bertz CT molecular complexity index is 1160. The Morgan fingerprint density at radius 3 is 2.70 bits per heavy atom. The van der Waals surface area contributed by atoms with E-state index >= 15 is 0 Å². The molecule has 0 radical (unpaired) electrons. The van der Waals surface area contributed by atoms with Crippen LogP contribution in [-0.4, -0.2) is 36.1 Å². The van der Waals surface area contributed by atoms with Crippen molar-refractivity contribution in [1.29, 1.82) is 0 Å². The van der Waals surface area contributed by atoms with E-state index in [9.17, 15) is 9.18 Å². The number of carbonyl (C=O) groups is 1. The number of halogens is 1. The van der Waals surface area contributed by atoms with E-state index in [-0.39, 0.29) is 17.5 Å². The van der Waals surface area contributed by atoms with Crippen molar-refractivity contribution in [3.05, 3.63) is 71.8 Å². The van der Waals surface area contributed by atoms with E-state index in [1.54, 1.807) is 25.1 Å². The normalized spacial score (nSPS) is 11.0. The zero-order valence-electron chi connectivity index (χ0n) is 16.4. The summed E-state index contributed by atoms with van der Waals surface area (Å²) in [6.07, 6.45) is 2.50. The molecule has 4 aromatic rings. The molecular weight excluding hydrogens is 407 g/mol. The van der Waals surface area contributed by atoms with Crippen LogP contribution in [0, 0.1) is 12.7 Å². The molecule has 0 bridgehead atoms. The monoisotopic (exact) mass is 426 g/mol. The summed E-state index contributed by atoms with van der Waals surface area (Å²) >= 11 is 1.24. The first-order valence-corrected chi connectivity index (χ1v) is 10.1. The summed E-state index contributed by atoms with van der Waals surface area (Å²) in [6, 6.07) is 11.7. The van der Waals surface area contributed by atoms with Gasteiger partial charge in [-0.2, -0.15) is 0 Å². The van der Waals surface area contributed by atoms with Crippen LogP contribution in [0.25, 0.3) is 5.69 Å². The van der Waals surface area contributed by atoms with Gasteiger partial charge in [0.1, 0.15) is 17.4 Å². The van der Waals surface area contributed by atoms with Gasteiger partial charge in [-0.05, 0) is 43.3 Å². The van der Waals surface area contributed by atoms with Gasteiger partial charge in [-0.3, -0.25) is 9.36 Å². The number of nitrogens with zero attached hydrogens (tertiary/aromatic N) is 5. The van der Waals surface area contributed by atoms with Gasteiger partial charge in [-0.25, -0.2) is 4.39 Å². The first-order valence-electron chi connectivity index (χ1n) is 9.16. The molecule has 0 aliphatic heterocycles. The van der Waals surface area contributed by atoms with Crippen molar-refractivity contribution in [3.8, 4) is 5.69 Å². The van der Waals surface area contributed by atoms with Crippen LogP contribution >= 0.6 is 11.8 Å². The molecule has 0 fully saturated rings. The summed E-state index contributed by atoms with van der Waals surface area (Å²) in [5.74, 6) is 1.20. The third-order valence-corrected chi connectivity index (χ3v) is 5.33. The van der Waals surface area contributed by atoms with Gasteiger partial charge in [0.2, 0.25) is 5.91 Å². The van der Waals surface area contributed by atoms with Crippen molar-refractivity contribution in [1.82, 2.24) is 24.5 Å². The van der Waals surface area contributed by atoms with Crippen molar-refractivity contribution in [2.75, 3.05) is 11.1 Å². The van der Waals surface area contributed by atoms with Crippen molar-refractivity contribution >= 4 is 23.5 Å². The lowest BCUT2D eigenvalue weighted by Gasteiger charge is -2.11. The third kappa shape index (κ3) is 4.43. The number of amides is 1. The van der Waals surface area contributed by atoms with Crippen LogP contribution in [0.4, 0.5) is 10.2 Å². The molecule has 0 saturated heterocycles. The number of thioether (sulfide) groups is 1. The molecule has 10 heteroatoms. The Morgan fingerprint density at radius 1 is 1.23 bits per heavy atom. The number of hydrogen-bond donors (Lipinski definition) is 1. The predicted molar refractivity (Wildman–Crippen MR) is 110 cm³/mol. The number of aromatic nitrogens is 5. The molecule has 0 unspecified atom stereocenters. The van der Waals surface area contributed by atoms with E-state index in [4.69, 9.17) is 4.52 Å². The van der Waals surface area contributed by atoms with Crippen LogP contribution in [0.15, 0.2) is 58.3 Å². The van der Waals surface area contributed by atoms with Crippen LogP contribution in [-0.2, 0) is 18.3 Å². The van der Waals surface area contributed by atoms with E-state index in [1.807, 2.05) is 34.5 Å². The Labute approximate surface area is 176 Å². The van der Waals surface area contributed by atoms with Crippen LogP contribution < -0.4 is 5.32 Å². The lowest BCUT2D eigenvalue weighted by molar-refractivity contribution is -0.113. The summed E-state index contributed by atoms with van der Waals surface area (Å²) in [4.78, 5) is 12.3. The van der Waals surface area contributed by atoms with Gasteiger partial charge in [0.25, 0.3) is 0 Å². The highest BCUT2D eigenvalue weighted by molar-refractivity contribution is 7.99. The highest BCUT2D eigenvalue weighted by Gasteiger charge is 2.17. The zero-order valence-corrected chi connectivity index (χ0v) is 17.2. The minimum absolute atomic E-state index is 0.107. The number of hydrogen-bond acceptors (Lipinski definition) is 6. The highest BCUT2D eigenvalue weighted by atomic mass is 32.2. The maximum atomic E-state index is 13.4. The molecule has 4 rings (SSSR count). The minimum Gasteiger partial charge on any atom is -0.360 e. The van der Waals surface area contributed by atoms with E-state index in [1.165, 1.54) is 23.9 Å². The van der Waals surface area contributed by atoms with E-state index in [0.717, 1.165) is 11.4 Å². The van der Waals surface area contributed by atoms with Gasteiger partial charge in [0.15, 0.2) is 11.0 Å². The molecule has 0 aliphatic rings. The van der Waals surface area contributed by atoms with Gasteiger partial charge in [0.05, 0.1) is 5.75 Å². The maximum Gasteiger partial charge on any atom is 0.236 e. The maximum absolute atomic E-state index is 13.4. The second-order valence-corrected chi connectivity index (χ2v) is 7.60. The fraction of sp³-hybridized carbons (Fsp3) is 0.200. The first-order chi connectivity index (χ1) is 14.5. The van der Waals surface area contributed by atoms with Crippen LogP contribution in [0.2, 0.25) is 0 Å². The molecule has 3 heterocycles. The number of benzene rings is 1. The molecule has 30 heavy (non-hydrogen) atoms. The van der Waals surface area contributed by atoms with Crippen molar-refractivity contribution in [2.45, 2.75) is 18.5 Å². The van der Waals surface area contributed by atoms with Crippen molar-refractivity contribution in [3.63, 3.8) is 0 Å². The molecule has 0 aliphatic carbocycles. The summed E-state index contributed by atoms with van der Waals surface area (Å²) in [7, 11) is 1.96. The number of rotatable bonds is 7. The topological polar surface area (TPSA) is 90.8 Å². The zero-order chi connectivity index (χ0) is 21.1. The lowest BCUT2D eigenvalue weighted by atomic mass is 10.2. The van der Waals surface area contributed by atoms with E-state index in [0.29, 0.717) is 29.0 Å². The average Bonchev–Trinajstić information content (AvgIpc) is 3.43. The Morgan fingerprint density at radius 2 is 2.03 bits per heavy atom. The Balaban J connectivity index is 1.56. The third-order valence-electron chi connectivity index (χ3n) is 4.40. The Hall–Kier alpha value is -3.40. The van der Waals surface area contributed by atoms with Crippen molar-refractivity contribution in [2.24, 2.45) is 7.05 Å². The minimum atomic E-state index is -0.327. The molecule has 1 aromatic carbocycles. The quantitative estimate of drug-likeness (QED) is 0.456. The fourth-order valence-electron chi connectivity index (χ4n) is 2.93. The van der Waals surface area contributed by atoms with Gasteiger partial charge in [0, 0.05) is 37.1 Å². The molecule has 3 aromatic heterocycles. The molecular formula is C20H19FN6O2S. The lowest BCUT2D eigenvalue weighted by Crippen LogP contribution is -2.15.